The molecule has 0 unspecified atom stereocenters. The van der Waals surface area contributed by atoms with E-state index in [0.717, 1.165) is 0 Å². The summed E-state index contributed by atoms with van der Waals surface area (Å²) in [7, 11) is 0. The predicted molar refractivity (Wildman–Crippen MR) is 72.9 cm³/mol. The second kappa shape index (κ2) is 7.44. The van der Waals surface area contributed by atoms with Crippen molar-refractivity contribution in [3.05, 3.63) is 33.9 Å². The molecule has 1 amide bonds. The van der Waals surface area contributed by atoms with Crippen LogP contribution in [0.4, 0.5) is 5.69 Å². The average molecular weight is 282 g/mol. The maximum absolute atomic E-state index is 12.3. The predicted octanol–water partition coefficient (Wildman–Crippen LogP) is 1.45. The summed E-state index contributed by atoms with van der Waals surface area (Å²) in [4.78, 5) is 24.2. The molecule has 0 spiro atoms. The number of rotatable bonds is 7. The Bertz CT molecular complexity index is 490. The van der Waals surface area contributed by atoms with Gasteiger partial charge >= 0.3 is 5.69 Å². The molecule has 0 bridgehead atoms. The van der Waals surface area contributed by atoms with Crippen molar-refractivity contribution in [3.63, 3.8) is 0 Å². The molecule has 1 aromatic rings. The number of carbonyl (C=O) groups is 1. The number of nitrogens with zero attached hydrogens (tertiary/aromatic N) is 2. The minimum Gasteiger partial charge on any atom is -0.487 e. The number of nitro groups is 1. The molecule has 0 saturated heterocycles. The van der Waals surface area contributed by atoms with Gasteiger partial charge < -0.3 is 14.7 Å². The van der Waals surface area contributed by atoms with Gasteiger partial charge in [0.05, 0.1) is 23.7 Å². The third-order valence-corrected chi connectivity index (χ3v) is 2.75. The quantitative estimate of drug-likeness (QED) is 0.603. The van der Waals surface area contributed by atoms with Crippen LogP contribution < -0.4 is 4.74 Å². The number of para-hydroxylation sites is 1. The number of carbonyl (C=O) groups excluding carboxylic acids is 1. The largest absolute Gasteiger partial charge is 0.487 e. The van der Waals surface area contributed by atoms with Crippen LogP contribution in [0.3, 0.4) is 0 Å². The molecular formula is C13H18N2O5. The summed E-state index contributed by atoms with van der Waals surface area (Å²) >= 11 is 0. The number of aliphatic hydroxyl groups excluding tert-OH is 1. The van der Waals surface area contributed by atoms with Crippen LogP contribution in [0, 0.1) is 10.1 Å². The molecule has 0 atom stereocenters. The van der Waals surface area contributed by atoms with Crippen molar-refractivity contribution in [2.45, 2.75) is 13.8 Å². The zero-order chi connectivity index (χ0) is 15.1. The molecular weight excluding hydrogens is 264 g/mol. The van der Waals surface area contributed by atoms with Crippen LogP contribution in [0.25, 0.3) is 0 Å². The van der Waals surface area contributed by atoms with Gasteiger partial charge in [-0.1, -0.05) is 6.07 Å². The van der Waals surface area contributed by atoms with Crippen LogP contribution in [0.5, 0.6) is 5.75 Å². The monoisotopic (exact) mass is 282 g/mol. The highest BCUT2D eigenvalue weighted by Crippen LogP contribution is 2.31. The van der Waals surface area contributed by atoms with Crippen molar-refractivity contribution >= 4 is 11.6 Å². The lowest BCUT2D eigenvalue weighted by Gasteiger charge is -2.21. The molecule has 0 heterocycles. The smallest absolute Gasteiger partial charge is 0.311 e. The molecule has 1 aromatic carbocycles. The normalized spacial score (nSPS) is 10.2. The Balaban J connectivity index is 3.25. The van der Waals surface area contributed by atoms with Crippen LogP contribution in [0.1, 0.15) is 24.2 Å². The van der Waals surface area contributed by atoms with E-state index in [9.17, 15) is 14.9 Å². The lowest BCUT2D eigenvalue weighted by molar-refractivity contribution is -0.385. The minimum atomic E-state index is -0.579. The number of benzene rings is 1. The first-order valence-electron chi connectivity index (χ1n) is 6.37. The van der Waals surface area contributed by atoms with E-state index in [0.29, 0.717) is 6.54 Å². The lowest BCUT2D eigenvalue weighted by atomic mass is 10.1. The number of hydrogen-bond donors (Lipinski definition) is 1. The summed E-state index contributed by atoms with van der Waals surface area (Å²) in [5, 5.41) is 19.9. The Hall–Kier alpha value is -2.15. The molecule has 1 N–H and O–H groups in total. The fourth-order valence-electron chi connectivity index (χ4n) is 1.83. The van der Waals surface area contributed by atoms with Gasteiger partial charge in [0.1, 0.15) is 0 Å². The van der Waals surface area contributed by atoms with Gasteiger partial charge in [0.25, 0.3) is 5.91 Å². The molecule has 0 aliphatic heterocycles. The first kappa shape index (κ1) is 15.9. The third kappa shape index (κ3) is 3.45. The molecule has 0 saturated carbocycles. The van der Waals surface area contributed by atoms with Gasteiger partial charge in [0.2, 0.25) is 5.75 Å². The van der Waals surface area contributed by atoms with Crippen LogP contribution in [0.15, 0.2) is 18.2 Å². The highest BCUT2D eigenvalue weighted by atomic mass is 16.6. The highest BCUT2D eigenvalue weighted by molar-refractivity contribution is 5.98. The SMILES string of the molecule is CCOc1c(C(=O)N(CC)CCO)cccc1[N+](=O)[O-]. The number of likely N-dealkylation sites (N-methyl/N-ethyl adjacent to an activating group) is 1. The number of ether oxygens (including phenoxy) is 1. The number of aliphatic hydroxyl groups is 1. The van der Waals surface area contributed by atoms with E-state index in [2.05, 4.69) is 0 Å². The molecule has 7 nitrogen and oxygen atoms in total. The molecule has 20 heavy (non-hydrogen) atoms. The van der Waals surface area contributed by atoms with E-state index < -0.39 is 10.8 Å². The maximum Gasteiger partial charge on any atom is 0.311 e. The topological polar surface area (TPSA) is 92.9 Å². The standard InChI is InChI=1S/C13H18N2O5/c1-3-14(8-9-16)13(17)10-6-5-7-11(15(18)19)12(10)20-4-2/h5-7,16H,3-4,8-9H2,1-2H3. The van der Waals surface area contributed by atoms with E-state index in [1.54, 1.807) is 13.8 Å². The third-order valence-electron chi connectivity index (χ3n) is 2.75. The van der Waals surface area contributed by atoms with E-state index in [-0.39, 0.29) is 36.8 Å². The molecule has 0 aliphatic carbocycles. The zero-order valence-electron chi connectivity index (χ0n) is 11.5. The molecule has 0 aliphatic rings. The Morgan fingerprint density at radius 2 is 2.15 bits per heavy atom. The Morgan fingerprint density at radius 1 is 1.45 bits per heavy atom. The number of amides is 1. The minimum absolute atomic E-state index is 0.0265. The van der Waals surface area contributed by atoms with E-state index in [1.807, 2.05) is 0 Å². The molecule has 110 valence electrons. The number of nitro benzene ring substituents is 1. The van der Waals surface area contributed by atoms with Gasteiger partial charge in [-0.25, -0.2) is 0 Å². The van der Waals surface area contributed by atoms with Gasteiger partial charge in [0, 0.05) is 19.2 Å². The first-order chi connectivity index (χ1) is 9.56. The fourth-order valence-corrected chi connectivity index (χ4v) is 1.83. The van der Waals surface area contributed by atoms with Crippen LogP contribution in [-0.4, -0.2) is 47.1 Å². The molecule has 1 rings (SSSR count). The van der Waals surface area contributed by atoms with Gasteiger partial charge in [-0.2, -0.15) is 0 Å². The molecule has 0 fully saturated rings. The van der Waals surface area contributed by atoms with Crippen LogP contribution in [0.2, 0.25) is 0 Å². The molecule has 0 aromatic heterocycles. The molecule has 0 radical (unpaired) electrons. The van der Waals surface area contributed by atoms with E-state index in [1.165, 1.54) is 23.1 Å². The summed E-state index contributed by atoms with van der Waals surface area (Å²) < 4.78 is 5.27. The Kier molecular flexibility index (Phi) is 5.92. The zero-order valence-corrected chi connectivity index (χ0v) is 11.5. The summed E-state index contributed by atoms with van der Waals surface area (Å²) in [5.74, 6) is -0.421. The van der Waals surface area contributed by atoms with Crippen molar-refractivity contribution in [3.8, 4) is 5.75 Å². The fraction of sp³-hybridized carbons (Fsp3) is 0.462. The van der Waals surface area contributed by atoms with Gasteiger partial charge in [-0.3, -0.25) is 14.9 Å². The van der Waals surface area contributed by atoms with Crippen molar-refractivity contribution < 1.29 is 19.6 Å². The summed E-state index contributed by atoms with van der Waals surface area (Å²) in [5.41, 5.74) is -0.103. The van der Waals surface area contributed by atoms with Gasteiger partial charge in [-0.05, 0) is 19.9 Å². The first-order valence-corrected chi connectivity index (χ1v) is 6.37. The Morgan fingerprint density at radius 3 is 2.65 bits per heavy atom. The maximum atomic E-state index is 12.3. The lowest BCUT2D eigenvalue weighted by Crippen LogP contribution is -2.33. The van der Waals surface area contributed by atoms with Gasteiger partial charge in [-0.15, -0.1) is 0 Å². The van der Waals surface area contributed by atoms with Gasteiger partial charge in [0.15, 0.2) is 0 Å². The summed E-state index contributed by atoms with van der Waals surface area (Å²) in [6.45, 7) is 4.08. The van der Waals surface area contributed by atoms with E-state index >= 15 is 0 Å². The van der Waals surface area contributed by atoms with Crippen LogP contribution in [-0.2, 0) is 0 Å². The highest BCUT2D eigenvalue weighted by Gasteiger charge is 2.25. The molecule has 7 heteroatoms. The van der Waals surface area contributed by atoms with Crippen molar-refractivity contribution in [2.24, 2.45) is 0 Å². The second-order valence-corrected chi connectivity index (χ2v) is 3.95. The summed E-state index contributed by atoms with van der Waals surface area (Å²) in [6, 6.07) is 4.23. The summed E-state index contributed by atoms with van der Waals surface area (Å²) in [6.07, 6.45) is 0. The van der Waals surface area contributed by atoms with Crippen molar-refractivity contribution in [1.82, 2.24) is 4.90 Å². The number of hydrogen-bond acceptors (Lipinski definition) is 5. The van der Waals surface area contributed by atoms with E-state index in [4.69, 9.17) is 9.84 Å². The van der Waals surface area contributed by atoms with Crippen molar-refractivity contribution in [2.75, 3.05) is 26.3 Å². The Labute approximate surface area is 116 Å². The average Bonchev–Trinajstić information content (AvgIpc) is 2.44. The second-order valence-electron chi connectivity index (χ2n) is 3.95. The van der Waals surface area contributed by atoms with Crippen LogP contribution >= 0.6 is 0 Å². The van der Waals surface area contributed by atoms with Crippen molar-refractivity contribution in [1.29, 1.82) is 0 Å².